The van der Waals surface area contributed by atoms with E-state index in [4.69, 9.17) is 11.6 Å². The summed E-state index contributed by atoms with van der Waals surface area (Å²) >= 11 is 7.32. The van der Waals surface area contributed by atoms with Gasteiger partial charge in [-0.3, -0.25) is 14.4 Å². The molecule has 10 heteroatoms. The monoisotopic (exact) mass is 393 g/mol. The van der Waals surface area contributed by atoms with Gasteiger partial charge >= 0.3 is 0 Å². The highest BCUT2D eigenvalue weighted by atomic mass is 35.5. The molecule has 1 aliphatic heterocycles. The van der Waals surface area contributed by atoms with Crippen LogP contribution in [0.4, 0.5) is 14.5 Å². The summed E-state index contributed by atoms with van der Waals surface area (Å²) in [6.07, 6.45) is 1.47. The van der Waals surface area contributed by atoms with Crippen molar-refractivity contribution >= 4 is 40.9 Å². The van der Waals surface area contributed by atoms with Crippen LogP contribution in [-0.2, 0) is 16.1 Å². The molecule has 138 valence electrons. The van der Waals surface area contributed by atoms with Crippen LogP contribution in [0.2, 0.25) is 0 Å². The lowest BCUT2D eigenvalue weighted by atomic mass is 10.1. The van der Waals surface area contributed by atoms with Crippen LogP contribution in [0.25, 0.3) is 0 Å². The van der Waals surface area contributed by atoms with E-state index in [0.717, 1.165) is 22.4 Å². The fourth-order valence-corrected chi connectivity index (χ4v) is 4.46. The molecule has 0 saturated carbocycles. The Bertz CT molecular complexity index is 728. The maximum atomic E-state index is 13.6. The number of aryl methyl sites for hydroxylation is 1. The van der Waals surface area contributed by atoms with E-state index in [1.807, 2.05) is 0 Å². The first-order chi connectivity index (χ1) is 11.7. The van der Waals surface area contributed by atoms with Crippen LogP contribution in [-0.4, -0.2) is 57.9 Å². The molecule has 0 aliphatic carbocycles. The van der Waals surface area contributed by atoms with Gasteiger partial charge in [-0.2, -0.15) is 0 Å². The zero-order chi connectivity index (χ0) is 18.7. The average Bonchev–Trinajstić information content (AvgIpc) is 2.93. The van der Waals surface area contributed by atoms with Gasteiger partial charge in [-0.05, 0) is 6.42 Å². The Hall–Kier alpha value is -1.61. The Morgan fingerprint density at radius 3 is 2.76 bits per heavy atom. The highest BCUT2D eigenvalue weighted by molar-refractivity contribution is 8.02. The van der Waals surface area contributed by atoms with Crippen molar-refractivity contribution in [3.63, 3.8) is 0 Å². The first-order valence-electron chi connectivity index (χ1n) is 7.52. The second-order valence-electron chi connectivity index (χ2n) is 5.78. The van der Waals surface area contributed by atoms with Gasteiger partial charge < -0.3 is 14.8 Å². The summed E-state index contributed by atoms with van der Waals surface area (Å²) in [4.78, 5) is 37.3. The Balaban J connectivity index is 2.10. The zero-order valence-electron chi connectivity index (χ0n) is 13.7. The molecule has 25 heavy (non-hydrogen) atoms. The van der Waals surface area contributed by atoms with Crippen LogP contribution in [0.3, 0.4) is 0 Å². The van der Waals surface area contributed by atoms with Gasteiger partial charge in [-0.15, -0.1) is 23.4 Å². The molecule has 1 aromatic heterocycles. The van der Waals surface area contributed by atoms with Crippen molar-refractivity contribution in [3.8, 4) is 0 Å². The second kappa shape index (κ2) is 8.18. The smallest absolute Gasteiger partial charge is 0.286 e. The van der Waals surface area contributed by atoms with Crippen molar-refractivity contribution < 1.29 is 18.4 Å². The third-order valence-corrected chi connectivity index (χ3v) is 5.83. The van der Waals surface area contributed by atoms with Crippen LogP contribution < -0.4 is 10.9 Å². The van der Waals surface area contributed by atoms with Crippen molar-refractivity contribution in [2.45, 2.75) is 28.8 Å². The van der Waals surface area contributed by atoms with Crippen molar-refractivity contribution in [3.05, 3.63) is 28.4 Å². The minimum atomic E-state index is -1.08. The Morgan fingerprint density at radius 1 is 1.48 bits per heavy atom. The molecule has 0 aromatic carbocycles. The van der Waals surface area contributed by atoms with E-state index in [9.17, 15) is 23.2 Å². The van der Waals surface area contributed by atoms with Gasteiger partial charge in [0.05, 0.1) is 22.9 Å². The van der Waals surface area contributed by atoms with Crippen LogP contribution >= 0.6 is 23.4 Å². The molecule has 6 nitrogen and oxygen atoms in total. The fraction of sp³-hybridized carbons (Fsp3) is 0.533. The number of alkyl halides is 2. The fourth-order valence-electron chi connectivity index (χ4n) is 2.43. The molecule has 3 atom stereocenters. The second-order valence-corrected chi connectivity index (χ2v) is 7.69. The number of anilines is 1. The normalized spacial score (nSPS) is 22.7. The Labute approximate surface area is 152 Å². The molecule has 2 heterocycles. The lowest BCUT2D eigenvalue weighted by Crippen LogP contribution is -2.34. The average molecular weight is 394 g/mol. The number of aromatic nitrogens is 1. The molecule has 2 rings (SSSR count). The van der Waals surface area contributed by atoms with Crippen LogP contribution in [0, 0.1) is 5.82 Å². The van der Waals surface area contributed by atoms with Gasteiger partial charge in [0.1, 0.15) is 11.9 Å². The van der Waals surface area contributed by atoms with Crippen molar-refractivity contribution in [2.24, 2.45) is 0 Å². The largest absolute Gasteiger partial charge is 0.348 e. The number of hydrogen-bond acceptors (Lipinski definition) is 4. The first-order valence-corrected chi connectivity index (χ1v) is 8.90. The number of halogens is 3. The van der Waals surface area contributed by atoms with Gasteiger partial charge in [0, 0.05) is 26.4 Å². The predicted molar refractivity (Wildman–Crippen MR) is 93.4 cm³/mol. The molecular weight excluding hydrogens is 376 g/mol. The quantitative estimate of drug-likeness (QED) is 0.769. The molecule has 0 bridgehead atoms. The van der Waals surface area contributed by atoms with E-state index >= 15 is 0 Å². The Morgan fingerprint density at radius 2 is 2.16 bits per heavy atom. The number of rotatable bonds is 5. The van der Waals surface area contributed by atoms with Gasteiger partial charge in [0.2, 0.25) is 11.8 Å². The third-order valence-electron chi connectivity index (χ3n) is 3.69. The summed E-state index contributed by atoms with van der Waals surface area (Å²) in [5.41, 5.74) is -0.909. The molecule has 1 saturated heterocycles. The van der Waals surface area contributed by atoms with Gasteiger partial charge in [0.25, 0.3) is 5.56 Å². The minimum Gasteiger partial charge on any atom is -0.348 e. The number of hydrogen-bond donors (Lipinski definition) is 1. The number of nitrogens with one attached hydrogen (secondary N) is 1. The van der Waals surface area contributed by atoms with Crippen molar-refractivity contribution in [1.82, 2.24) is 9.47 Å². The summed E-state index contributed by atoms with van der Waals surface area (Å²) in [6.45, 7) is -1.14. The van der Waals surface area contributed by atoms with E-state index in [1.54, 1.807) is 14.1 Å². The van der Waals surface area contributed by atoms with Gasteiger partial charge in [0.15, 0.2) is 5.82 Å². The predicted octanol–water partition coefficient (Wildman–Crippen LogP) is 1.47. The SMILES string of the molecule is CN(C)C(=O)C1SC(C(=O)Nc2cc(F)c(=O)n(CCF)c2)CC1Cl. The Kier molecular flexibility index (Phi) is 6.45. The summed E-state index contributed by atoms with van der Waals surface area (Å²) in [5.74, 6) is -1.71. The maximum Gasteiger partial charge on any atom is 0.286 e. The molecular formula is C15H18ClF2N3O3S. The van der Waals surface area contributed by atoms with E-state index in [1.165, 1.54) is 11.1 Å². The van der Waals surface area contributed by atoms with Gasteiger partial charge in [-0.1, -0.05) is 0 Å². The highest BCUT2D eigenvalue weighted by Gasteiger charge is 2.42. The van der Waals surface area contributed by atoms with Crippen molar-refractivity contribution in [2.75, 3.05) is 26.1 Å². The summed E-state index contributed by atoms with van der Waals surface area (Å²) in [7, 11) is 3.22. The number of nitrogens with zero attached hydrogens (tertiary/aromatic N) is 2. The molecule has 0 spiro atoms. The lowest BCUT2D eigenvalue weighted by molar-refractivity contribution is -0.128. The number of thioether (sulfide) groups is 1. The number of carbonyl (C=O) groups is 2. The van der Waals surface area contributed by atoms with E-state index in [2.05, 4.69) is 5.32 Å². The lowest BCUT2D eigenvalue weighted by Gasteiger charge is -2.17. The van der Waals surface area contributed by atoms with Crippen LogP contribution in [0.15, 0.2) is 17.1 Å². The summed E-state index contributed by atoms with van der Waals surface area (Å²) in [6, 6.07) is 0.884. The topological polar surface area (TPSA) is 71.4 Å². The van der Waals surface area contributed by atoms with E-state index in [0.29, 0.717) is 0 Å². The zero-order valence-corrected chi connectivity index (χ0v) is 15.2. The number of pyridine rings is 1. The summed E-state index contributed by atoms with van der Waals surface area (Å²) < 4.78 is 26.9. The third kappa shape index (κ3) is 4.52. The van der Waals surface area contributed by atoms with E-state index < -0.39 is 39.8 Å². The highest BCUT2D eigenvalue weighted by Crippen LogP contribution is 2.38. The molecule has 0 radical (unpaired) electrons. The standard InChI is InChI=1S/C15H18ClF2N3O3S/c1-20(2)15(24)12-9(16)6-11(25-12)13(22)19-8-5-10(18)14(23)21(7-8)4-3-17/h5,7,9,11-12H,3-4,6H2,1-2H3,(H,19,22). The maximum absolute atomic E-state index is 13.6. The van der Waals surface area contributed by atoms with Crippen LogP contribution in [0.1, 0.15) is 6.42 Å². The van der Waals surface area contributed by atoms with Gasteiger partial charge in [-0.25, -0.2) is 8.78 Å². The molecule has 1 aromatic rings. The van der Waals surface area contributed by atoms with Crippen molar-refractivity contribution in [1.29, 1.82) is 0 Å². The number of carbonyl (C=O) groups excluding carboxylic acids is 2. The summed E-state index contributed by atoms with van der Waals surface area (Å²) in [5, 5.41) is 0.882. The molecule has 1 fully saturated rings. The molecule has 3 unspecified atom stereocenters. The van der Waals surface area contributed by atoms with E-state index in [-0.39, 0.29) is 24.6 Å². The molecule has 1 N–H and O–H groups in total. The number of amides is 2. The molecule has 1 aliphatic rings. The van der Waals surface area contributed by atoms with Crippen LogP contribution in [0.5, 0.6) is 0 Å². The molecule has 2 amide bonds. The first kappa shape index (κ1) is 19.7. The minimum absolute atomic E-state index is 0.0460.